The van der Waals surface area contributed by atoms with Gasteiger partial charge in [-0.25, -0.2) is 17.6 Å². The van der Waals surface area contributed by atoms with Crippen molar-refractivity contribution in [3.63, 3.8) is 0 Å². The molecule has 0 amide bonds. The summed E-state index contributed by atoms with van der Waals surface area (Å²) in [5.41, 5.74) is 0.461. The lowest BCUT2D eigenvalue weighted by Gasteiger charge is -2.09. The van der Waals surface area contributed by atoms with Gasteiger partial charge in [0.2, 0.25) is 0 Å². The number of hydrogen-bond donors (Lipinski definition) is 2. The first-order chi connectivity index (χ1) is 11.6. The summed E-state index contributed by atoms with van der Waals surface area (Å²) in [4.78, 5) is 0. The van der Waals surface area contributed by atoms with E-state index in [0.717, 1.165) is 37.8 Å². The SMILES string of the molecule is Fc1ccc(NCCCCCCNc2cccc(F)c2F)c(F)c1. The summed E-state index contributed by atoms with van der Waals surface area (Å²) in [5, 5.41) is 5.79. The zero-order chi connectivity index (χ0) is 17.4. The molecule has 6 heteroatoms. The van der Waals surface area contributed by atoms with Gasteiger partial charge in [-0.05, 0) is 37.1 Å². The van der Waals surface area contributed by atoms with Crippen molar-refractivity contribution in [1.29, 1.82) is 0 Å². The number of unbranched alkanes of at least 4 members (excludes halogenated alkanes) is 3. The van der Waals surface area contributed by atoms with Crippen molar-refractivity contribution in [3.05, 3.63) is 59.7 Å². The van der Waals surface area contributed by atoms with E-state index in [2.05, 4.69) is 10.6 Å². The van der Waals surface area contributed by atoms with E-state index in [1.54, 1.807) is 0 Å². The van der Waals surface area contributed by atoms with E-state index < -0.39 is 23.3 Å². The summed E-state index contributed by atoms with van der Waals surface area (Å²) in [6.07, 6.45) is 3.49. The van der Waals surface area contributed by atoms with E-state index in [1.807, 2.05) is 0 Å². The molecule has 2 rings (SSSR count). The summed E-state index contributed by atoms with van der Waals surface area (Å²) >= 11 is 0. The molecular formula is C18H20F4N2. The molecule has 130 valence electrons. The van der Waals surface area contributed by atoms with Gasteiger partial charge in [0.15, 0.2) is 11.6 Å². The van der Waals surface area contributed by atoms with Gasteiger partial charge in [-0.2, -0.15) is 0 Å². The maximum Gasteiger partial charge on any atom is 0.181 e. The first-order valence-corrected chi connectivity index (χ1v) is 7.95. The van der Waals surface area contributed by atoms with Crippen LogP contribution in [0.4, 0.5) is 28.9 Å². The van der Waals surface area contributed by atoms with Gasteiger partial charge in [-0.3, -0.25) is 0 Å². The van der Waals surface area contributed by atoms with Gasteiger partial charge in [0, 0.05) is 19.2 Å². The molecule has 0 unspecified atom stereocenters. The molecule has 0 aliphatic heterocycles. The highest BCUT2D eigenvalue weighted by Crippen LogP contribution is 2.17. The normalized spacial score (nSPS) is 10.7. The molecule has 0 aliphatic rings. The van der Waals surface area contributed by atoms with Gasteiger partial charge in [-0.1, -0.05) is 18.9 Å². The van der Waals surface area contributed by atoms with Gasteiger partial charge in [0.05, 0.1) is 11.4 Å². The Labute approximate surface area is 138 Å². The van der Waals surface area contributed by atoms with Crippen LogP contribution < -0.4 is 10.6 Å². The van der Waals surface area contributed by atoms with Crippen LogP contribution in [0.5, 0.6) is 0 Å². The lowest BCUT2D eigenvalue weighted by Crippen LogP contribution is -2.06. The Morgan fingerprint density at radius 3 is 2.00 bits per heavy atom. The van der Waals surface area contributed by atoms with Crippen LogP contribution in [0.25, 0.3) is 0 Å². The molecule has 0 radical (unpaired) electrons. The number of anilines is 2. The maximum absolute atomic E-state index is 13.4. The van der Waals surface area contributed by atoms with E-state index in [4.69, 9.17) is 0 Å². The molecular weight excluding hydrogens is 320 g/mol. The zero-order valence-electron chi connectivity index (χ0n) is 13.2. The van der Waals surface area contributed by atoms with E-state index in [-0.39, 0.29) is 5.69 Å². The topological polar surface area (TPSA) is 24.1 Å². The van der Waals surface area contributed by atoms with Crippen LogP contribution in [0.1, 0.15) is 25.7 Å². The predicted octanol–water partition coefficient (Wildman–Crippen LogP) is 5.33. The van der Waals surface area contributed by atoms with Crippen LogP contribution in [0.15, 0.2) is 36.4 Å². The quantitative estimate of drug-likeness (QED) is 0.476. The minimum absolute atomic E-state index is 0.170. The molecule has 0 atom stereocenters. The van der Waals surface area contributed by atoms with Crippen LogP contribution in [0.3, 0.4) is 0 Å². The van der Waals surface area contributed by atoms with E-state index in [0.29, 0.717) is 18.8 Å². The molecule has 0 saturated heterocycles. The molecule has 0 saturated carbocycles. The molecule has 0 aromatic heterocycles. The minimum Gasteiger partial charge on any atom is -0.383 e. The summed E-state index contributed by atoms with van der Waals surface area (Å²) < 4.78 is 52.6. The van der Waals surface area contributed by atoms with Crippen molar-refractivity contribution in [1.82, 2.24) is 0 Å². The lowest BCUT2D eigenvalue weighted by atomic mass is 10.2. The fourth-order valence-corrected chi connectivity index (χ4v) is 2.32. The van der Waals surface area contributed by atoms with Crippen LogP contribution >= 0.6 is 0 Å². The van der Waals surface area contributed by atoms with Gasteiger partial charge < -0.3 is 10.6 Å². The Balaban J connectivity index is 1.56. The fourth-order valence-electron chi connectivity index (χ4n) is 2.32. The van der Waals surface area contributed by atoms with Crippen molar-refractivity contribution in [3.8, 4) is 0 Å². The molecule has 0 aliphatic carbocycles. The van der Waals surface area contributed by atoms with Gasteiger partial charge in [-0.15, -0.1) is 0 Å². The highest BCUT2D eigenvalue weighted by molar-refractivity contribution is 5.45. The number of nitrogens with one attached hydrogen (secondary N) is 2. The van der Waals surface area contributed by atoms with Gasteiger partial charge in [0.25, 0.3) is 0 Å². The van der Waals surface area contributed by atoms with Crippen LogP contribution in [-0.4, -0.2) is 13.1 Å². The third-order valence-corrected chi connectivity index (χ3v) is 3.62. The second kappa shape index (κ2) is 9.15. The van der Waals surface area contributed by atoms with Crippen LogP contribution in [-0.2, 0) is 0 Å². The Bertz CT molecular complexity index is 661. The first-order valence-electron chi connectivity index (χ1n) is 7.95. The number of hydrogen-bond acceptors (Lipinski definition) is 2. The summed E-state index contributed by atoms with van der Waals surface area (Å²) in [6, 6.07) is 7.47. The Morgan fingerprint density at radius 2 is 1.33 bits per heavy atom. The van der Waals surface area contributed by atoms with Crippen LogP contribution in [0.2, 0.25) is 0 Å². The van der Waals surface area contributed by atoms with E-state index >= 15 is 0 Å². The van der Waals surface area contributed by atoms with Crippen molar-refractivity contribution in [2.75, 3.05) is 23.7 Å². The summed E-state index contributed by atoms with van der Waals surface area (Å²) in [5.74, 6) is -2.92. The zero-order valence-corrected chi connectivity index (χ0v) is 13.2. The predicted molar refractivity (Wildman–Crippen MR) is 88.2 cm³/mol. The van der Waals surface area contributed by atoms with Gasteiger partial charge in [0.1, 0.15) is 11.6 Å². The molecule has 0 heterocycles. The van der Waals surface area contributed by atoms with Crippen molar-refractivity contribution in [2.45, 2.75) is 25.7 Å². The Morgan fingerprint density at radius 1 is 0.667 bits per heavy atom. The number of benzene rings is 2. The third-order valence-electron chi connectivity index (χ3n) is 3.62. The highest BCUT2D eigenvalue weighted by atomic mass is 19.2. The largest absolute Gasteiger partial charge is 0.383 e. The second-order valence-electron chi connectivity index (χ2n) is 5.49. The van der Waals surface area contributed by atoms with E-state index in [9.17, 15) is 17.6 Å². The smallest absolute Gasteiger partial charge is 0.181 e. The van der Waals surface area contributed by atoms with Crippen molar-refractivity contribution < 1.29 is 17.6 Å². The van der Waals surface area contributed by atoms with E-state index in [1.165, 1.54) is 24.3 Å². The molecule has 0 bridgehead atoms. The monoisotopic (exact) mass is 340 g/mol. The van der Waals surface area contributed by atoms with Crippen LogP contribution in [0, 0.1) is 23.3 Å². The number of halogens is 4. The fraction of sp³-hybridized carbons (Fsp3) is 0.333. The van der Waals surface area contributed by atoms with Crippen molar-refractivity contribution >= 4 is 11.4 Å². The molecule has 24 heavy (non-hydrogen) atoms. The number of rotatable bonds is 9. The second-order valence-corrected chi connectivity index (χ2v) is 5.49. The first kappa shape index (κ1) is 18.1. The molecule has 2 nitrogen and oxygen atoms in total. The summed E-state index contributed by atoms with van der Waals surface area (Å²) in [7, 11) is 0. The highest BCUT2D eigenvalue weighted by Gasteiger charge is 2.06. The molecule has 0 spiro atoms. The molecule has 2 aromatic rings. The van der Waals surface area contributed by atoms with Gasteiger partial charge >= 0.3 is 0 Å². The molecule has 2 N–H and O–H groups in total. The molecule has 2 aromatic carbocycles. The minimum atomic E-state index is -0.862. The standard InChI is InChI=1S/C18H20F4N2/c19-13-8-9-16(15(21)12-13)23-10-3-1-2-4-11-24-17-7-5-6-14(20)18(17)22/h5-9,12,23-24H,1-4,10-11H2. The average molecular weight is 340 g/mol. The van der Waals surface area contributed by atoms with Crippen molar-refractivity contribution in [2.24, 2.45) is 0 Å². The Hall–Kier alpha value is -2.24. The molecule has 0 fully saturated rings. The Kier molecular flexibility index (Phi) is 6.90. The lowest BCUT2D eigenvalue weighted by molar-refractivity contribution is 0.510. The summed E-state index contributed by atoms with van der Waals surface area (Å²) in [6.45, 7) is 1.15. The third kappa shape index (κ3) is 5.44. The average Bonchev–Trinajstić information content (AvgIpc) is 2.55. The maximum atomic E-state index is 13.4.